The lowest BCUT2D eigenvalue weighted by Crippen LogP contribution is -2.26. The second kappa shape index (κ2) is 12.5. The molecule has 5 heterocycles. The SMILES string of the molecule is CC1(C)c2ccccc2-n2c3ccc(-c4nc(-c5ccccc5)nc(-c5ccccc5)n4)cc3c3cc4c(c1c32)c1cc(-c2ccccc2)cc2c1n4-c1ccccc1C2(C)C. The Bertz CT molecular complexity index is 3610. The minimum atomic E-state index is -0.323. The van der Waals surface area contributed by atoms with Gasteiger partial charge in [0.2, 0.25) is 0 Å². The molecule has 62 heavy (non-hydrogen) atoms. The van der Waals surface area contributed by atoms with E-state index < -0.39 is 0 Å². The van der Waals surface area contributed by atoms with Crippen molar-refractivity contribution in [3.63, 3.8) is 0 Å². The van der Waals surface area contributed by atoms with E-state index in [0.717, 1.165) is 22.2 Å². The summed E-state index contributed by atoms with van der Waals surface area (Å²) in [6, 6.07) is 63.6. The quantitative estimate of drug-likeness (QED) is 0.178. The third-order valence-corrected chi connectivity index (χ3v) is 13.9. The van der Waals surface area contributed by atoms with Gasteiger partial charge in [0.25, 0.3) is 0 Å². The Labute approximate surface area is 359 Å². The fraction of sp³-hybridized carbons (Fsp3) is 0.105. The van der Waals surface area contributed by atoms with Gasteiger partial charge in [-0.15, -0.1) is 0 Å². The third kappa shape index (κ3) is 4.71. The summed E-state index contributed by atoms with van der Waals surface area (Å²) in [5, 5.41) is 5.01. The molecule has 5 nitrogen and oxygen atoms in total. The van der Waals surface area contributed by atoms with Gasteiger partial charge in [-0.3, -0.25) is 0 Å². The summed E-state index contributed by atoms with van der Waals surface area (Å²) < 4.78 is 5.11. The topological polar surface area (TPSA) is 48.5 Å². The molecular weight excluding hydrogens is 755 g/mol. The van der Waals surface area contributed by atoms with Crippen molar-refractivity contribution >= 4 is 43.6 Å². The highest BCUT2D eigenvalue weighted by Gasteiger charge is 2.41. The molecule has 0 amide bonds. The van der Waals surface area contributed by atoms with Gasteiger partial charge in [0.1, 0.15) is 0 Å². The molecule has 0 fully saturated rings. The second-order valence-corrected chi connectivity index (χ2v) is 18.1. The first-order valence-corrected chi connectivity index (χ1v) is 21.5. The van der Waals surface area contributed by atoms with Crippen LogP contribution < -0.4 is 0 Å². The molecule has 0 atom stereocenters. The molecule has 0 saturated carbocycles. The van der Waals surface area contributed by atoms with E-state index in [1.165, 1.54) is 82.9 Å². The van der Waals surface area contributed by atoms with E-state index in [-0.39, 0.29) is 10.8 Å². The molecule has 8 aromatic carbocycles. The zero-order valence-electron chi connectivity index (χ0n) is 35.0. The fourth-order valence-corrected chi connectivity index (χ4v) is 10.9. The van der Waals surface area contributed by atoms with E-state index in [1.807, 2.05) is 36.4 Å². The van der Waals surface area contributed by atoms with E-state index in [0.29, 0.717) is 17.5 Å². The smallest absolute Gasteiger partial charge is 0.164 e. The summed E-state index contributed by atoms with van der Waals surface area (Å²) in [4.78, 5) is 15.3. The van der Waals surface area contributed by atoms with Crippen molar-refractivity contribution in [3.05, 3.63) is 198 Å². The van der Waals surface area contributed by atoms with Gasteiger partial charge in [-0.05, 0) is 81.9 Å². The molecule has 2 aliphatic rings. The van der Waals surface area contributed by atoms with Gasteiger partial charge in [-0.25, -0.2) is 15.0 Å². The van der Waals surface area contributed by atoms with E-state index in [9.17, 15) is 0 Å². The van der Waals surface area contributed by atoms with E-state index >= 15 is 0 Å². The maximum atomic E-state index is 5.16. The number of aromatic nitrogens is 5. The van der Waals surface area contributed by atoms with E-state index in [1.54, 1.807) is 0 Å². The lowest BCUT2D eigenvalue weighted by Gasteiger charge is -2.35. The lowest BCUT2D eigenvalue weighted by molar-refractivity contribution is 0.630. The number of para-hydroxylation sites is 2. The zero-order chi connectivity index (χ0) is 41.5. The summed E-state index contributed by atoms with van der Waals surface area (Å²) in [7, 11) is 0. The summed E-state index contributed by atoms with van der Waals surface area (Å²) in [5.74, 6) is 1.96. The van der Waals surface area contributed by atoms with Crippen molar-refractivity contribution in [2.24, 2.45) is 0 Å². The summed E-state index contributed by atoms with van der Waals surface area (Å²) in [6.45, 7) is 9.65. The van der Waals surface area contributed by atoms with Gasteiger partial charge in [0.05, 0.1) is 33.4 Å². The fourth-order valence-electron chi connectivity index (χ4n) is 10.9. The van der Waals surface area contributed by atoms with Crippen molar-refractivity contribution < 1.29 is 0 Å². The highest BCUT2D eigenvalue weighted by atomic mass is 15.0. The molecule has 2 aliphatic heterocycles. The van der Waals surface area contributed by atoms with Crippen molar-refractivity contribution in [3.8, 4) is 56.7 Å². The minimum absolute atomic E-state index is 0.221. The Morgan fingerprint density at radius 2 is 0.855 bits per heavy atom. The van der Waals surface area contributed by atoms with Crippen LogP contribution in [0.5, 0.6) is 0 Å². The molecule has 0 unspecified atom stereocenters. The van der Waals surface area contributed by atoms with Crippen LogP contribution in [0.4, 0.5) is 0 Å². The van der Waals surface area contributed by atoms with Crippen LogP contribution in [0.15, 0.2) is 176 Å². The third-order valence-electron chi connectivity index (χ3n) is 13.9. The second-order valence-electron chi connectivity index (χ2n) is 18.1. The van der Waals surface area contributed by atoms with Crippen LogP contribution in [-0.4, -0.2) is 24.1 Å². The molecule has 0 saturated heterocycles. The number of benzene rings is 8. The van der Waals surface area contributed by atoms with Gasteiger partial charge < -0.3 is 9.13 Å². The van der Waals surface area contributed by atoms with Crippen molar-refractivity contribution in [2.75, 3.05) is 0 Å². The number of hydrogen-bond donors (Lipinski definition) is 0. The minimum Gasteiger partial charge on any atom is -0.309 e. The van der Waals surface area contributed by atoms with Gasteiger partial charge in [0.15, 0.2) is 17.5 Å². The molecule has 0 radical (unpaired) electrons. The average molecular weight is 796 g/mol. The molecule has 5 heteroatoms. The van der Waals surface area contributed by atoms with Gasteiger partial charge >= 0.3 is 0 Å². The first-order valence-electron chi connectivity index (χ1n) is 21.5. The van der Waals surface area contributed by atoms with Crippen molar-refractivity contribution in [1.82, 2.24) is 24.1 Å². The standard InChI is InChI=1S/C57H41N5/c1-56(2)42-24-14-16-26-46(42)62-48-33-40-39-30-37(55-59-53(35-20-10-6-11-21-35)58-54(60-55)36-22-12-7-13-23-36)28-29-45(39)61-47-27-17-15-25-43(47)57(3,4)50(52(40)61)49(48)41-31-38(32-44(56)51(41)62)34-18-8-5-9-19-34/h5-33H,1-4H3. The Kier molecular flexibility index (Phi) is 7.07. The molecule has 13 rings (SSSR count). The normalized spacial score (nSPS) is 14.4. The number of nitrogens with zero attached hydrogens (tertiary/aromatic N) is 5. The molecular formula is C57H41N5. The highest BCUT2D eigenvalue weighted by Crippen LogP contribution is 2.56. The Morgan fingerprint density at radius 3 is 1.47 bits per heavy atom. The van der Waals surface area contributed by atoms with Crippen LogP contribution in [0, 0.1) is 0 Å². The summed E-state index contributed by atoms with van der Waals surface area (Å²) in [5.41, 5.74) is 17.6. The molecule has 294 valence electrons. The number of hydrogen-bond acceptors (Lipinski definition) is 3. The first kappa shape index (κ1) is 35.2. The van der Waals surface area contributed by atoms with Crippen molar-refractivity contribution in [1.29, 1.82) is 0 Å². The molecule has 0 bridgehead atoms. The summed E-state index contributed by atoms with van der Waals surface area (Å²) in [6.07, 6.45) is 0. The van der Waals surface area contributed by atoms with Crippen LogP contribution in [0.2, 0.25) is 0 Å². The van der Waals surface area contributed by atoms with Gasteiger partial charge in [-0.1, -0.05) is 155 Å². The maximum absolute atomic E-state index is 5.16. The number of rotatable bonds is 4. The predicted octanol–water partition coefficient (Wildman–Crippen LogP) is 14.0. The molecule has 3 aromatic heterocycles. The highest BCUT2D eigenvalue weighted by molar-refractivity contribution is 6.24. The monoisotopic (exact) mass is 795 g/mol. The Hall–Kier alpha value is -7.63. The van der Waals surface area contributed by atoms with Gasteiger partial charge in [0, 0.05) is 49.1 Å². The van der Waals surface area contributed by atoms with Crippen LogP contribution in [0.1, 0.15) is 49.9 Å². The van der Waals surface area contributed by atoms with Crippen molar-refractivity contribution in [2.45, 2.75) is 38.5 Å². The van der Waals surface area contributed by atoms with Crippen LogP contribution in [0.3, 0.4) is 0 Å². The molecule has 0 spiro atoms. The maximum Gasteiger partial charge on any atom is 0.164 e. The first-order chi connectivity index (χ1) is 30.3. The zero-order valence-corrected chi connectivity index (χ0v) is 35.0. The van der Waals surface area contributed by atoms with E-state index in [4.69, 9.17) is 15.0 Å². The predicted molar refractivity (Wildman–Crippen MR) is 255 cm³/mol. The van der Waals surface area contributed by atoms with Crippen LogP contribution >= 0.6 is 0 Å². The molecule has 0 N–H and O–H groups in total. The van der Waals surface area contributed by atoms with E-state index in [2.05, 4.69) is 176 Å². The Balaban J connectivity index is 1.18. The molecule has 0 aliphatic carbocycles. The lowest BCUT2D eigenvalue weighted by atomic mass is 9.72. The molecule has 11 aromatic rings. The average Bonchev–Trinajstić information content (AvgIpc) is 3.82. The van der Waals surface area contributed by atoms with Crippen LogP contribution in [-0.2, 0) is 10.8 Å². The number of fused-ring (bicyclic) bond motifs is 11. The Morgan fingerprint density at radius 1 is 0.355 bits per heavy atom. The van der Waals surface area contributed by atoms with Gasteiger partial charge in [-0.2, -0.15) is 0 Å². The van der Waals surface area contributed by atoms with Crippen LogP contribution in [0.25, 0.3) is 100 Å². The summed E-state index contributed by atoms with van der Waals surface area (Å²) >= 11 is 0. The largest absolute Gasteiger partial charge is 0.309 e.